The first kappa shape index (κ1) is 17.8. The topological polar surface area (TPSA) is 83.1 Å². The molecule has 1 aromatic carbocycles. The summed E-state index contributed by atoms with van der Waals surface area (Å²) < 4.78 is 26.9. The zero-order valence-electron chi connectivity index (χ0n) is 12.9. The van der Waals surface area contributed by atoms with Crippen molar-refractivity contribution in [1.82, 2.24) is 15.6 Å². The third-order valence-electron chi connectivity index (χ3n) is 2.95. The van der Waals surface area contributed by atoms with Gasteiger partial charge in [-0.3, -0.25) is 9.59 Å². The number of hydrogen-bond donors (Lipinski definition) is 3. The average Bonchev–Trinajstić information content (AvgIpc) is 3.00. The molecule has 0 spiro atoms. The Balaban J connectivity index is 1.80. The number of aromatic nitrogens is 1. The first-order chi connectivity index (χ1) is 11.5. The fourth-order valence-electron chi connectivity index (χ4n) is 1.86. The van der Waals surface area contributed by atoms with Gasteiger partial charge in [0.25, 0.3) is 11.8 Å². The molecular weight excluding hydrogens is 338 g/mol. The number of halogens is 2. The molecule has 6 nitrogen and oxygen atoms in total. The summed E-state index contributed by atoms with van der Waals surface area (Å²) in [5.41, 5.74) is -0.374. The van der Waals surface area contributed by atoms with Gasteiger partial charge in [-0.05, 0) is 19.1 Å². The highest BCUT2D eigenvalue weighted by molar-refractivity contribution is 7.13. The Morgan fingerprint density at radius 1 is 1.12 bits per heavy atom. The van der Waals surface area contributed by atoms with E-state index in [1.165, 1.54) is 17.4 Å². The molecule has 9 heteroatoms. The molecule has 0 bridgehead atoms. The number of nitrogens with zero attached hydrogens (tertiary/aromatic N) is 1. The fraction of sp³-hybridized carbons (Fsp3) is 0.267. The van der Waals surface area contributed by atoms with E-state index in [1.54, 1.807) is 5.38 Å². The van der Waals surface area contributed by atoms with Crippen LogP contribution >= 0.6 is 11.3 Å². The second-order valence-electron chi connectivity index (χ2n) is 4.68. The Bertz CT molecular complexity index is 716. The average molecular weight is 354 g/mol. The van der Waals surface area contributed by atoms with Crippen molar-refractivity contribution in [1.29, 1.82) is 0 Å². The normalized spacial score (nSPS) is 10.3. The van der Waals surface area contributed by atoms with Crippen molar-refractivity contribution < 1.29 is 18.4 Å². The van der Waals surface area contributed by atoms with E-state index in [2.05, 4.69) is 20.9 Å². The van der Waals surface area contributed by atoms with Crippen molar-refractivity contribution in [2.24, 2.45) is 0 Å². The minimum atomic E-state index is -0.935. The molecule has 0 radical (unpaired) electrons. The number of amides is 2. The van der Waals surface area contributed by atoms with Gasteiger partial charge in [-0.2, -0.15) is 0 Å². The monoisotopic (exact) mass is 354 g/mol. The Labute approximate surface area is 141 Å². The van der Waals surface area contributed by atoms with Crippen LogP contribution in [-0.2, 0) is 0 Å². The number of thiazole rings is 1. The Hall–Kier alpha value is -2.55. The lowest BCUT2D eigenvalue weighted by atomic mass is 10.2. The summed E-state index contributed by atoms with van der Waals surface area (Å²) in [5, 5.41) is 10.2. The number of carbonyl (C=O) groups is 2. The van der Waals surface area contributed by atoms with E-state index in [-0.39, 0.29) is 24.7 Å². The van der Waals surface area contributed by atoms with Crippen molar-refractivity contribution in [2.75, 3.05) is 25.0 Å². The van der Waals surface area contributed by atoms with Gasteiger partial charge in [0, 0.05) is 25.0 Å². The number of hydrogen-bond acceptors (Lipinski definition) is 5. The molecular formula is C15H16F2N4O2S. The van der Waals surface area contributed by atoms with Crippen LogP contribution in [0.3, 0.4) is 0 Å². The predicted octanol–water partition coefficient (Wildman–Crippen LogP) is 2.01. The van der Waals surface area contributed by atoms with Gasteiger partial charge in [-0.25, -0.2) is 13.8 Å². The van der Waals surface area contributed by atoms with Crippen molar-refractivity contribution in [3.05, 3.63) is 46.5 Å². The van der Waals surface area contributed by atoms with Crippen molar-refractivity contribution >= 4 is 28.3 Å². The molecule has 3 N–H and O–H groups in total. The number of benzene rings is 1. The van der Waals surface area contributed by atoms with Gasteiger partial charge in [-0.1, -0.05) is 6.07 Å². The molecule has 0 saturated carbocycles. The molecule has 0 aliphatic heterocycles. The first-order valence-electron chi connectivity index (χ1n) is 7.22. The molecule has 0 aliphatic rings. The van der Waals surface area contributed by atoms with Gasteiger partial charge in [0.05, 0.1) is 0 Å². The molecule has 0 fully saturated rings. The zero-order valence-corrected chi connectivity index (χ0v) is 13.7. The lowest BCUT2D eigenvalue weighted by molar-refractivity contribution is 0.0921. The van der Waals surface area contributed by atoms with E-state index in [0.29, 0.717) is 11.7 Å². The van der Waals surface area contributed by atoms with E-state index >= 15 is 0 Å². The van der Waals surface area contributed by atoms with Crippen molar-refractivity contribution in [3.63, 3.8) is 0 Å². The number of carbonyl (C=O) groups excluding carboxylic acids is 2. The summed E-state index contributed by atoms with van der Waals surface area (Å²) in [6.45, 7) is 2.76. The fourth-order valence-corrected chi connectivity index (χ4v) is 2.62. The van der Waals surface area contributed by atoms with Crippen LogP contribution in [0.4, 0.5) is 13.9 Å². The van der Waals surface area contributed by atoms with Crippen LogP contribution in [0, 0.1) is 11.6 Å². The molecule has 0 atom stereocenters. The molecule has 24 heavy (non-hydrogen) atoms. The lowest BCUT2D eigenvalue weighted by Gasteiger charge is -2.07. The summed E-state index contributed by atoms with van der Waals surface area (Å²) in [6.07, 6.45) is 0. The summed E-state index contributed by atoms with van der Waals surface area (Å²) in [5.74, 6) is -3.13. The Morgan fingerprint density at radius 3 is 2.38 bits per heavy atom. The quantitative estimate of drug-likeness (QED) is 0.664. The summed E-state index contributed by atoms with van der Waals surface area (Å²) in [7, 11) is 0. The van der Waals surface area contributed by atoms with Gasteiger partial charge >= 0.3 is 0 Å². The second kappa shape index (κ2) is 8.34. The van der Waals surface area contributed by atoms with E-state index in [4.69, 9.17) is 0 Å². The second-order valence-corrected chi connectivity index (χ2v) is 5.53. The van der Waals surface area contributed by atoms with Crippen molar-refractivity contribution in [3.8, 4) is 0 Å². The molecule has 1 aromatic heterocycles. The molecule has 128 valence electrons. The zero-order chi connectivity index (χ0) is 17.5. The minimum Gasteiger partial charge on any atom is -0.362 e. The standard InChI is InChI=1S/C15H16F2N4O2S/c1-2-18-15-21-11(8-24-15)13(22)19-6-7-20-14(23)12-9(16)4-3-5-10(12)17/h3-5,8H,2,6-7H2,1H3,(H,18,21)(H,19,22)(H,20,23). The molecule has 2 aromatic rings. The highest BCUT2D eigenvalue weighted by atomic mass is 32.1. The number of rotatable bonds is 7. The van der Waals surface area contributed by atoms with Crippen LogP contribution in [0.1, 0.15) is 27.8 Å². The van der Waals surface area contributed by atoms with Crippen LogP contribution in [-0.4, -0.2) is 36.4 Å². The van der Waals surface area contributed by atoms with E-state index in [0.717, 1.165) is 12.1 Å². The maximum absolute atomic E-state index is 13.4. The maximum atomic E-state index is 13.4. The van der Waals surface area contributed by atoms with Gasteiger partial charge in [-0.15, -0.1) is 11.3 Å². The van der Waals surface area contributed by atoms with Gasteiger partial charge in [0.1, 0.15) is 22.9 Å². The molecule has 2 amide bonds. The van der Waals surface area contributed by atoms with Gasteiger partial charge < -0.3 is 16.0 Å². The van der Waals surface area contributed by atoms with E-state index in [9.17, 15) is 18.4 Å². The minimum absolute atomic E-state index is 0.0303. The van der Waals surface area contributed by atoms with Crippen LogP contribution in [0.15, 0.2) is 23.6 Å². The maximum Gasteiger partial charge on any atom is 0.270 e. The highest BCUT2D eigenvalue weighted by Gasteiger charge is 2.16. The SMILES string of the molecule is CCNc1nc(C(=O)NCCNC(=O)c2c(F)cccc2F)cs1. The smallest absolute Gasteiger partial charge is 0.270 e. The number of anilines is 1. The third kappa shape index (κ3) is 4.48. The number of nitrogens with one attached hydrogen (secondary N) is 3. The molecule has 0 unspecified atom stereocenters. The van der Waals surface area contributed by atoms with E-state index < -0.39 is 23.1 Å². The van der Waals surface area contributed by atoms with Gasteiger partial charge in [0.15, 0.2) is 5.13 Å². The van der Waals surface area contributed by atoms with Crippen molar-refractivity contribution in [2.45, 2.75) is 6.92 Å². The Morgan fingerprint density at radius 2 is 1.75 bits per heavy atom. The largest absolute Gasteiger partial charge is 0.362 e. The molecule has 0 saturated heterocycles. The van der Waals surface area contributed by atoms with Crippen LogP contribution in [0.2, 0.25) is 0 Å². The summed E-state index contributed by atoms with van der Waals surface area (Å²) >= 11 is 1.31. The van der Waals surface area contributed by atoms with Crippen LogP contribution in [0.25, 0.3) is 0 Å². The summed E-state index contributed by atoms with van der Waals surface area (Å²) in [4.78, 5) is 27.7. The van der Waals surface area contributed by atoms with Crippen LogP contribution < -0.4 is 16.0 Å². The van der Waals surface area contributed by atoms with Gasteiger partial charge in [0.2, 0.25) is 0 Å². The van der Waals surface area contributed by atoms with Crippen LogP contribution in [0.5, 0.6) is 0 Å². The molecule has 0 aliphatic carbocycles. The first-order valence-corrected chi connectivity index (χ1v) is 8.10. The molecule has 2 rings (SSSR count). The highest BCUT2D eigenvalue weighted by Crippen LogP contribution is 2.14. The summed E-state index contributed by atoms with van der Waals surface area (Å²) in [6, 6.07) is 3.19. The van der Waals surface area contributed by atoms with E-state index in [1.807, 2.05) is 6.92 Å². The lowest BCUT2D eigenvalue weighted by Crippen LogP contribution is -2.35. The third-order valence-corrected chi connectivity index (χ3v) is 3.75. The Kier molecular flexibility index (Phi) is 6.19. The predicted molar refractivity (Wildman–Crippen MR) is 87.3 cm³/mol. The molecule has 1 heterocycles.